The molecule has 0 spiro atoms. The Morgan fingerprint density at radius 2 is 1.91 bits per heavy atom. The molecule has 4 rings (SSSR count). The maximum absolute atomic E-state index is 13.1. The molecular weight excluding hydrogens is 452 g/mol. The van der Waals surface area contributed by atoms with Crippen LogP contribution in [0.5, 0.6) is 0 Å². The van der Waals surface area contributed by atoms with Crippen molar-refractivity contribution in [1.29, 1.82) is 0 Å². The number of anilines is 2. The van der Waals surface area contributed by atoms with E-state index in [0.29, 0.717) is 44.2 Å². The van der Waals surface area contributed by atoms with E-state index in [4.69, 9.17) is 4.74 Å². The van der Waals surface area contributed by atoms with Crippen molar-refractivity contribution in [2.45, 2.75) is 17.1 Å². The van der Waals surface area contributed by atoms with E-state index in [1.165, 1.54) is 15.6 Å². The van der Waals surface area contributed by atoms with E-state index in [1.54, 1.807) is 35.7 Å². The Hall–Kier alpha value is -2.47. The van der Waals surface area contributed by atoms with Crippen LogP contribution in [0, 0.1) is 0 Å². The maximum atomic E-state index is 13.1. The second-order valence-corrected chi connectivity index (χ2v) is 10.7. The van der Waals surface area contributed by atoms with Crippen LogP contribution in [0.2, 0.25) is 0 Å². The third kappa shape index (κ3) is 5.12. The number of sulfonamides is 1. The first-order chi connectivity index (χ1) is 15.4. The minimum atomic E-state index is -3.67. The van der Waals surface area contributed by atoms with Crippen molar-refractivity contribution < 1.29 is 22.7 Å². The van der Waals surface area contributed by atoms with Gasteiger partial charge in [-0.1, -0.05) is 12.1 Å². The van der Waals surface area contributed by atoms with Gasteiger partial charge in [-0.2, -0.15) is 0 Å². The number of amides is 2. The second-order valence-electron chi connectivity index (χ2n) is 7.62. The fourth-order valence-electron chi connectivity index (χ4n) is 3.81. The molecule has 2 aliphatic heterocycles. The number of benzene rings is 1. The molecule has 11 heteroatoms. The van der Waals surface area contributed by atoms with Crippen molar-refractivity contribution in [3.05, 3.63) is 41.3 Å². The van der Waals surface area contributed by atoms with E-state index in [1.807, 2.05) is 0 Å². The first-order valence-electron chi connectivity index (χ1n) is 10.5. The summed E-state index contributed by atoms with van der Waals surface area (Å²) in [5, 5.41) is 6.94. The molecule has 0 saturated carbocycles. The topological polar surface area (TPSA) is 108 Å². The van der Waals surface area contributed by atoms with Crippen LogP contribution in [0.3, 0.4) is 0 Å². The zero-order chi connectivity index (χ0) is 22.6. The molecule has 1 aromatic heterocycles. The molecule has 1 aromatic carbocycles. The normalized spacial score (nSPS) is 16.9. The molecule has 172 valence electrons. The van der Waals surface area contributed by atoms with Gasteiger partial charge in [0.1, 0.15) is 4.21 Å². The highest BCUT2D eigenvalue weighted by atomic mass is 32.2. The summed E-state index contributed by atoms with van der Waals surface area (Å²) in [6.45, 7) is 4.34. The molecule has 0 atom stereocenters. The number of nitrogens with one attached hydrogen (secondary N) is 2. The van der Waals surface area contributed by atoms with Crippen molar-refractivity contribution in [2.75, 3.05) is 55.6 Å². The lowest BCUT2D eigenvalue weighted by atomic mass is 10.0. The van der Waals surface area contributed by atoms with E-state index >= 15 is 0 Å². The molecule has 3 heterocycles. The third-order valence-electron chi connectivity index (χ3n) is 5.48. The molecule has 2 N–H and O–H groups in total. The van der Waals surface area contributed by atoms with Crippen molar-refractivity contribution in [3.8, 4) is 0 Å². The number of hydrogen-bond donors (Lipinski definition) is 2. The zero-order valence-electron chi connectivity index (χ0n) is 17.6. The SMILES string of the molecule is O=C(NCCN1CCOCC1)C(=O)Nc1ccc2c(c1)N(S(=O)(=O)c1cccs1)CCC2. The number of rotatable bonds is 6. The number of aryl methyl sites for hydroxylation is 1. The summed E-state index contributed by atoms with van der Waals surface area (Å²) < 4.78 is 33.1. The Kier molecular flexibility index (Phi) is 7.09. The fourth-order valence-corrected chi connectivity index (χ4v) is 6.45. The van der Waals surface area contributed by atoms with Gasteiger partial charge in [0.15, 0.2) is 0 Å². The van der Waals surface area contributed by atoms with Gasteiger partial charge in [-0.05, 0) is 42.0 Å². The number of ether oxygens (including phenoxy) is 1. The number of carbonyl (C=O) groups is 2. The molecule has 9 nitrogen and oxygen atoms in total. The van der Waals surface area contributed by atoms with Crippen LogP contribution in [0.4, 0.5) is 11.4 Å². The van der Waals surface area contributed by atoms with Gasteiger partial charge >= 0.3 is 11.8 Å². The van der Waals surface area contributed by atoms with E-state index < -0.39 is 21.8 Å². The molecule has 0 bridgehead atoms. The monoisotopic (exact) mass is 478 g/mol. The van der Waals surface area contributed by atoms with Gasteiger partial charge in [-0.15, -0.1) is 11.3 Å². The number of hydrogen-bond acceptors (Lipinski definition) is 7. The number of morpholine rings is 1. The predicted octanol–water partition coefficient (Wildman–Crippen LogP) is 1.28. The molecule has 2 aliphatic rings. The molecule has 0 aliphatic carbocycles. The highest BCUT2D eigenvalue weighted by Gasteiger charge is 2.30. The first-order valence-corrected chi connectivity index (χ1v) is 12.9. The molecule has 0 unspecified atom stereocenters. The van der Waals surface area contributed by atoms with E-state index in [2.05, 4.69) is 15.5 Å². The largest absolute Gasteiger partial charge is 0.379 e. The average Bonchev–Trinajstić information content (AvgIpc) is 3.35. The minimum absolute atomic E-state index is 0.277. The van der Waals surface area contributed by atoms with Gasteiger partial charge in [-0.3, -0.25) is 18.8 Å². The van der Waals surface area contributed by atoms with Crippen molar-refractivity contribution in [2.24, 2.45) is 0 Å². The van der Waals surface area contributed by atoms with Crippen LogP contribution in [-0.2, 0) is 30.8 Å². The van der Waals surface area contributed by atoms with Crippen LogP contribution in [-0.4, -0.2) is 71.1 Å². The van der Waals surface area contributed by atoms with Gasteiger partial charge in [0.25, 0.3) is 10.0 Å². The fraction of sp³-hybridized carbons (Fsp3) is 0.429. The van der Waals surface area contributed by atoms with Crippen molar-refractivity contribution in [3.63, 3.8) is 0 Å². The molecule has 32 heavy (non-hydrogen) atoms. The number of thiophene rings is 1. The van der Waals surface area contributed by atoms with Crippen LogP contribution in [0.25, 0.3) is 0 Å². The Labute approximate surface area is 191 Å². The van der Waals surface area contributed by atoms with Gasteiger partial charge in [0.2, 0.25) is 0 Å². The van der Waals surface area contributed by atoms with Crippen LogP contribution >= 0.6 is 11.3 Å². The number of carbonyl (C=O) groups excluding carboxylic acids is 2. The lowest BCUT2D eigenvalue weighted by Crippen LogP contribution is -2.43. The summed E-state index contributed by atoms with van der Waals surface area (Å²) in [6.07, 6.45) is 1.47. The van der Waals surface area contributed by atoms with Crippen LogP contribution in [0.15, 0.2) is 39.9 Å². The summed E-state index contributed by atoms with van der Waals surface area (Å²) in [4.78, 5) is 26.7. The summed E-state index contributed by atoms with van der Waals surface area (Å²) >= 11 is 1.17. The predicted molar refractivity (Wildman–Crippen MR) is 123 cm³/mol. The summed E-state index contributed by atoms with van der Waals surface area (Å²) in [6, 6.07) is 8.41. The Morgan fingerprint density at radius 1 is 1.09 bits per heavy atom. The molecule has 1 fully saturated rings. The lowest BCUT2D eigenvalue weighted by molar-refractivity contribution is -0.136. The summed E-state index contributed by atoms with van der Waals surface area (Å²) in [7, 11) is -3.67. The van der Waals surface area contributed by atoms with Gasteiger partial charge in [-0.25, -0.2) is 8.42 Å². The first kappa shape index (κ1) is 22.7. The third-order valence-corrected chi connectivity index (χ3v) is 8.67. The van der Waals surface area contributed by atoms with E-state index in [-0.39, 0.29) is 4.21 Å². The molecule has 1 saturated heterocycles. The molecular formula is C21H26N4O5S2. The Bertz CT molecular complexity index is 1070. The lowest BCUT2D eigenvalue weighted by Gasteiger charge is -2.30. The molecule has 0 radical (unpaired) electrons. The standard InChI is InChI=1S/C21H26N4O5S2/c26-20(22-7-9-24-10-12-30-13-11-24)21(27)23-17-6-5-16-3-1-8-25(18(16)15-17)32(28,29)19-4-2-14-31-19/h2,4-6,14-15H,1,3,7-13H2,(H,22,26)(H,23,27). The van der Waals surface area contributed by atoms with Crippen molar-refractivity contribution in [1.82, 2.24) is 10.2 Å². The quantitative estimate of drug-likeness (QED) is 0.606. The highest BCUT2D eigenvalue weighted by molar-refractivity contribution is 7.94. The highest BCUT2D eigenvalue weighted by Crippen LogP contribution is 2.35. The Balaban J connectivity index is 1.40. The van der Waals surface area contributed by atoms with E-state index in [0.717, 1.165) is 31.5 Å². The number of fused-ring (bicyclic) bond motifs is 1. The van der Waals surface area contributed by atoms with Crippen LogP contribution in [0.1, 0.15) is 12.0 Å². The Morgan fingerprint density at radius 3 is 2.66 bits per heavy atom. The second kappa shape index (κ2) is 9.99. The van der Waals surface area contributed by atoms with Crippen LogP contribution < -0.4 is 14.9 Å². The number of nitrogens with zero attached hydrogens (tertiary/aromatic N) is 2. The summed E-state index contributed by atoms with van der Waals surface area (Å²) in [5.41, 5.74) is 1.81. The summed E-state index contributed by atoms with van der Waals surface area (Å²) in [5.74, 6) is -1.51. The van der Waals surface area contributed by atoms with Gasteiger partial charge < -0.3 is 15.4 Å². The van der Waals surface area contributed by atoms with Gasteiger partial charge in [0.05, 0.1) is 18.9 Å². The molecule has 2 aromatic rings. The maximum Gasteiger partial charge on any atom is 0.313 e. The average molecular weight is 479 g/mol. The van der Waals surface area contributed by atoms with Crippen molar-refractivity contribution >= 4 is 44.5 Å². The van der Waals surface area contributed by atoms with E-state index in [9.17, 15) is 18.0 Å². The van der Waals surface area contributed by atoms with Gasteiger partial charge in [0, 0.05) is 38.4 Å². The molecule has 2 amide bonds. The minimum Gasteiger partial charge on any atom is -0.379 e. The zero-order valence-corrected chi connectivity index (χ0v) is 19.2. The smallest absolute Gasteiger partial charge is 0.313 e.